The normalized spacial score (nSPS) is 12.3. The van der Waals surface area contributed by atoms with Gasteiger partial charge in [-0.1, -0.05) is 6.07 Å². The van der Waals surface area contributed by atoms with Crippen LogP contribution in [0.3, 0.4) is 0 Å². The highest BCUT2D eigenvalue weighted by Gasteiger charge is 2.04. The highest BCUT2D eigenvalue weighted by molar-refractivity contribution is 5.11. The molecule has 3 nitrogen and oxygen atoms in total. The molecule has 1 N–H and O–H groups in total. The van der Waals surface area contributed by atoms with Gasteiger partial charge in [0.1, 0.15) is 0 Å². The van der Waals surface area contributed by atoms with Gasteiger partial charge in [0.2, 0.25) is 0 Å². The van der Waals surface area contributed by atoms with E-state index in [1.54, 1.807) is 0 Å². The van der Waals surface area contributed by atoms with Crippen LogP contribution in [-0.2, 0) is 6.54 Å². The smallest absolute Gasteiger partial charge is 0.0570 e. The first-order valence-corrected chi connectivity index (χ1v) is 5.39. The molecule has 0 fully saturated rings. The predicted octanol–water partition coefficient (Wildman–Crippen LogP) is 2.33. The second kappa shape index (κ2) is 5.37. The zero-order valence-corrected chi connectivity index (χ0v) is 9.30. The molecular formula is C13H15N3. The molecule has 1 atom stereocenters. The van der Waals surface area contributed by atoms with Crippen molar-refractivity contribution in [3.8, 4) is 0 Å². The Morgan fingerprint density at radius 2 is 1.94 bits per heavy atom. The summed E-state index contributed by atoms with van der Waals surface area (Å²) in [7, 11) is 0. The molecule has 1 unspecified atom stereocenters. The number of hydrogen-bond donors (Lipinski definition) is 1. The maximum atomic E-state index is 4.32. The Hall–Kier alpha value is -1.74. The van der Waals surface area contributed by atoms with E-state index in [0.29, 0.717) is 0 Å². The Morgan fingerprint density at radius 1 is 1.12 bits per heavy atom. The van der Waals surface area contributed by atoms with Gasteiger partial charge in [0.15, 0.2) is 0 Å². The van der Waals surface area contributed by atoms with Crippen molar-refractivity contribution in [2.75, 3.05) is 0 Å². The quantitative estimate of drug-likeness (QED) is 0.847. The Labute approximate surface area is 95.6 Å². The molecule has 0 radical (unpaired) electrons. The summed E-state index contributed by atoms with van der Waals surface area (Å²) >= 11 is 0. The van der Waals surface area contributed by atoms with Gasteiger partial charge < -0.3 is 5.32 Å². The van der Waals surface area contributed by atoms with Gasteiger partial charge in [-0.15, -0.1) is 0 Å². The zero-order chi connectivity index (χ0) is 11.2. The Morgan fingerprint density at radius 3 is 2.62 bits per heavy atom. The van der Waals surface area contributed by atoms with Crippen LogP contribution < -0.4 is 5.32 Å². The summed E-state index contributed by atoms with van der Waals surface area (Å²) < 4.78 is 0. The fourth-order valence-corrected chi connectivity index (χ4v) is 1.51. The van der Waals surface area contributed by atoms with Gasteiger partial charge in [-0.25, -0.2) is 0 Å². The summed E-state index contributed by atoms with van der Waals surface area (Å²) in [6, 6.07) is 10.3. The van der Waals surface area contributed by atoms with E-state index in [1.165, 1.54) is 5.56 Å². The van der Waals surface area contributed by atoms with Gasteiger partial charge in [0.25, 0.3) is 0 Å². The molecule has 3 heteroatoms. The molecule has 0 aliphatic rings. The van der Waals surface area contributed by atoms with E-state index >= 15 is 0 Å². The van der Waals surface area contributed by atoms with E-state index in [2.05, 4.69) is 22.2 Å². The van der Waals surface area contributed by atoms with Crippen molar-refractivity contribution in [2.24, 2.45) is 0 Å². The molecule has 0 amide bonds. The van der Waals surface area contributed by atoms with Crippen LogP contribution in [-0.4, -0.2) is 9.97 Å². The molecule has 0 saturated carbocycles. The lowest BCUT2D eigenvalue weighted by molar-refractivity contribution is 0.561. The van der Waals surface area contributed by atoms with E-state index in [0.717, 1.165) is 12.2 Å². The van der Waals surface area contributed by atoms with Gasteiger partial charge in [-0.3, -0.25) is 9.97 Å². The van der Waals surface area contributed by atoms with Crippen LogP contribution in [0.15, 0.2) is 48.9 Å². The van der Waals surface area contributed by atoms with Crippen LogP contribution in [0.5, 0.6) is 0 Å². The third kappa shape index (κ3) is 2.87. The first-order chi connectivity index (χ1) is 7.86. The topological polar surface area (TPSA) is 37.8 Å². The monoisotopic (exact) mass is 213 g/mol. The molecular weight excluding hydrogens is 198 g/mol. The minimum Gasteiger partial charge on any atom is -0.305 e. The van der Waals surface area contributed by atoms with Crippen molar-refractivity contribution >= 4 is 0 Å². The van der Waals surface area contributed by atoms with Crippen LogP contribution in [0, 0.1) is 0 Å². The van der Waals surface area contributed by atoms with Crippen molar-refractivity contribution in [3.63, 3.8) is 0 Å². The highest BCUT2D eigenvalue weighted by Crippen LogP contribution is 2.08. The van der Waals surface area contributed by atoms with Crippen molar-refractivity contribution in [1.82, 2.24) is 15.3 Å². The molecule has 0 aliphatic heterocycles. The summed E-state index contributed by atoms with van der Waals surface area (Å²) in [5.74, 6) is 0. The van der Waals surface area contributed by atoms with E-state index < -0.39 is 0 Å². The first kappa shape index (κ1) is 10.8. The second-order valence-corrected chi connectivity index (χ2v) is 3.71. The Balaban J connectivity index is 1.92. The number of rotatable bonds is 4. The van der Waals surface area contributed by atoms with E-state index in [1.807, 2.05) is 48.9 Å². The maximum absolute atomic E-state index is 4.32. The second-order valence-electron chi connectivity index (χ2n) is 3.71. The largest absolute Gasteiger partial charge is 0.305 e. The average Bonchev–Trinajstić information content (AvgIpc) is 2.38. The maximum Gasteiger partial charge on any atom is 0.0570 e. The minimum atomic E-state index is 0.259. The molecule has 0 aromatic carbocycles. The van der Waals surface area contributed by atoms with Crippen molar-refractivity contribution < 1.29 is 0 Å². The van der Waals surface area contributed by atoms with Crippen LogP contribution in [0.25, 0.3) is 0 Å². The lowest BCUT2D eigenvalue weighted by Gasteiger charge is -2.12. The number of nitrogens with zero attached hydrogens (tertiary/aromatic N) is 2. The highest BCUT2D eigenvalue weighted by atomic mass is 14.9. The molecule has 16 heavy (non-hydrogen) atoms. The number of hydrogen-bond acceptors (Lipinski definition) is 3. The molecule has 2 aromatic rings. The third-order valence-electron chi connectivity index (χ3n) is 2.49. The number of nitrogens with one attached hydrogen (secondary N) is 1. The van der Waals surface area contributed by atoms with E-state index in [-0.39, 0.29) is 6.04 Å². The summed E-state index contributed by atoms with van der Waals surface area (Å²) in [5.41, 5.74) is 2.30. The van der Waals surface area contributed by atoms with Crippen molar-refractivity contribution in [2.45, 2.75) is 19.5 Å². The van der Waals surface area contributed by atoms with Gasteiger partial charge in [-0.2, -0.15) is 0 Å². The number of aromatic nitrogens is 2. The molecule has 0 bridgehead atoms. The fraction of sp³-hybridized carbons (Fsp3) is 0.231. The molecule has 0 aliphatic carbocycles. The molecule has 82 valence electrons. The first-order valence-electron chi connectivity index (χ1n) is 5.39. The summed E-state index contributed by atoms with van der Waals surface area (Å²) in [5, 5.41) is 3.42. The molecule has 0 spiro atoms. The Bertz CT molecular complexity index is 414. The summed E-state index contributed by atoms with van der Waals surface area (Å²) in [4.78, 5) is 8.31. The van der Waals surface area contributed by atoms with Gasteiger partial charge in [0, 0.05) is 31.2 Å². The lowest BCUT2D eigenvalue weighted by atomic mass is 10.2. The SMILES string of the molecule is CC(NCc1ccncc1)c1ccccn1. The van der Waals surface area contributed by atoms with Crippen LogP contribution in [0.1, 0.15) is 24.2 Å². The summed E-state index contributed by atoms with van der Waals surface area (Å²) in [6.07, 6.45) is 5.44. The molecule has 0 saturated heterocycles. The zero-order valence-electron chi connectivity index (χ0n) is 9.30. The lowest BCUT2D eigenvalue weighted by Crippen LogP contribution is -2.18. The van der Waals surface area contributed by atoms with E-state index in [4.69, 9.17) is 0 Å². The van der Waals surface area contributed by atoms with Crippen LogP contribution >= 0.6 is 0 Å². The van der Waals surface area contributed by atoms with Gasteiger partial charge in [-0.05, 0) is 36.8 Å². The number of pyridine rings is 2. The Kier molecular flexibility index (Phi) is 3.62. The van der Waals surface area contributed by atoms with E-state index in [9.17, 15) is 0 Å². The summed E-state index contributed by atoms with van der Waals surface area (Å²) in [6.45, 7) is 2.95. The average molecular weight is 213 g/mol. The molecule has 2 heterocycles. The van der Waals surface area contributed by atoms with Crippen LogP contribution in [0.2, 0.25) is 0 Å². The van der Waals surface area contributed by atoms with Gasteiger partial charge in [0.05, 0.1) is 5.69 Å². The standard InChI is InChI=1S/C13H15N3/c1-11(13-4-2-3-7-15-13)16-10-12-5-8-14-9-6-12/h2-9,11,16H,10H2,1H3. The van der Waals surface area contributed by atoms with Crippen molar-refractivity contribution in [1.29, 1.82) is 0 Å². The fourth-order valence-electron chi connectivity index (χ4n) is 1.51. The molecule has 2 rings (SSSR count). The minimum absolute atomic E-state index is 0.259. The van der Waals surface area contributed by atoms with Crippen molar-refractivity contribution in [3.05, 3.63) is 60.2 Å². The van der Waals surface area contributed by atoms with Gasteiger partial charge >= 0.3 is 0 Å². The molecule has 2 aromatic heterocycles. The predicted molar refractivity (Wildman–Crippen MR) is 63.7 cm³/mol. The van der Waals surface area contributed by atoms with Crippen LogP contribution in [0.4, 0.5) is 0 Å². The third-order valence-corrected chi connectivity index (χ3v) is 2.49.